The Morgan fingerprint density at radius 2 is 1.83 bits per heavy atom. The molecule has 0 aliphatic heterocycles. The Balaban J connectivity index is 1.52. The molecule has 3 aromatic rings. The maximum absolute atomic E-state index is 12.3. The average molecular weight is 434 g/mol. The summed E-state index contributed by atoms with van der Waals surface area (Å²) in [4.78, 5) is 12.1. The van der Waals surface area contributed by atoms with Crippen LogP contribution in [0.3, 0.4) is 0 Å². The maximum atomic E-state index is 12.3. The molecule has 3 rings (SSSR count). The molecular weight excluding hydrogens is 416 g/mol. The highest BCUT2D eigenvalue weighted by molar-refractivity contribution is 7.91. The third-order valence-electron chi connectivity index (χ3n) is 3.60. The zero-order valence-electron chi connectivity index (χ0n) is 15.4. The fraction of sp³-hybridized carbons (Fsp3) is 0.167. The SMILES string of the molecule is COc1cccc(OCCNS(=O)(=O)c2nnc(NC(=O)c3ccccc3)s2)c1. The monoisotopic (exact) mass is 434 g/mol. The van der Waals surface area contributed by atoms with E-state index in [-0.39, 0.29) is 22.6 Å². The van der Waals surface area contributed by atoms with Crippen LogP contribution < -0.4 is 19.5 Å². The van der Waals surface area contributed by atoms with Gasteiger partial charge in [0.2, 0.25) is 9.47 Å². The number of ether oxygens (including phenoxy) is 2. The molecule has 0 radical (unpaired) electrons. The van der Waals surface area contributed by atoms with Gasteiger partial charge >= 0.3 is 0 Å². The van der Waals surface area contributed by atoms with E-state index in [2.05, 4.69) is 20.2 Å². The molecule has 0 spiro atoms. The Hall–Kier alpha value is -3.02. The lowest BCUT2D eigenvalue weighted by Gasteiger charge is -2.08. The summed E-state index contributed by atoms with van der Waals surface area (Å²) in [6.07, 6.45) is 0. The first kappa shape index (κ1) is 20.7. The van der Waals surface area contributed by atoms with Gasteiger partial charge in [0.05, 0.1) is 7.11 Å². The fourth-order valence-corrected chi connectivity index (χ4v) is 4.17. The molecule has 11 heteroatoms. The fourth-order valence-electron chi connectivity index (χ4n) is 2.23. The molecule has 0 saturated heterocycles. The van der Waals surface area contributed by atoms with Crippen molar-refractivity contribution in [2.24, 2.45) is 0 Å². The third kappa shape index (κ3) is 5.73. The molecular formula is C18H18N4O5S2. The van der Waals surface area contributed by atoms with E-state index in [0.717, 1.165) is 11.3 Å². The summed E-state index contributed by atoms with van der Waals surface area (Å²) in [5.41, 5.74) is 0.430. The summed E-state index contributed by atoms with van der Waals surface area (Å²) in [5.74, 6) is 0.803. The van der Waals surface area contributed by atoms with Gasteiger partial charge in [0.25, 0.3) is 15.9 Å². The van der Waals surface area contributed by atoms with E-state index >= 15 is 0 Å². The number of sulfonamides is 1. The predicted octanol–water partition coefficient (Wildman–Crippen LogP) is 2.16. The minimum atomic E-state index is -3.87. The molecule has 0 aliphatic rings. The van der Waals surface area contributed by atoms with E-state index < -0.39 is 15.9 Å². The number of rotatable bonds is 9. The highest BCUT2D eigenvalue weighted by atomic mass is 32.2. The van der Waals surface area contributed by atoms with E-state index in [9.17, 15) is 13.2 Å². The number of hydrogen-bond donors (Lipinski definition) is 2. The van der Waals surface area contributed by atoms with E-state index in [1.54, 1.807) is 61.7 Å². The van der Waals surface area contributed by atoms with Gasteiger partial charge in [-0.1, -0.05) is 35.6 Å². The number of carbonyl (C=O) groups is 1. The third-order valence-corrected chi connectivity index (χ3v) is 6.26. The summed E-state index contributed by atoms with van der Waals surface area (Å²) in [6, 6.07) is 15.5. The van der Waals surface area contributed by atoms with E-state index in [1.165, 1.54) is 0 Å². The van der Waals surface area contributed by atoms with Crippen LogP contribution in [0.15, 0.2) is 58.9 Å². The summed E-state index contributed by atoms with van der Waals surface area (Å²) in [6.45, 7) is 0.146. The number of anilines is 1. The molecule has 0 atom stereocenters. The molecule has 29 heavy (non-hydrogen) atoms. The number of nitrogens with one attached hydrogen (secondary N) is 2. The molecule has 0 unspecified atom stereocenters. The molecule has 2 aromatic carbocycles. The molecule has 0 bridgehead atoms. The van der Waals surface area contributed by atoms with Crippen molar-refractivity contribution in [1.29, 1.82) is 0 Å². The molecule has 0 aliphatic carbocycles. The van der Waals surface area contributed by atoms with Gasteiger partial charge in [0, 0.05) is 18.2 Å². The second-order valence-corrected chi connectivity index (χ2v) is 8.54. The predicted molar refractivity (Wildman–Crippen MR) is 108 cm³/mol. The number of methoxy groups -OCH3 is 1. The van der Waals surface area contributed by atoms with Crippen LogP contribution in [0.2, 0.25) is 0 Å². The topological polar surface area (TPSA) is 120 Å². The number of amides is 1. The molecule has 1 heterocycles. The Bertz CT molecular complexity index is 1070. The maximum Gasteiger partial charge on any atom is 0.269 e. The van der Waals surface area contributed by atoms with Crippen molar-refractivity contribution < 1.29 is 22.7 Å². The zero-order chi connectivity index (χ0) is 20.7. The lowest BCUT2D eigenvalue weighted by atomic mass is 10.2. The number of benzene rings is 2. The van der Waals surface area contributed by atoms with Crippen LogP contribution in [0.4, 0.5) is 5.13 Å². The Kier molecular flexibility index (Phi) is 6.75. The first-order valence-electron chi connectivity index (χ1n) is 8.44. The highest BCUT2D eigenvalue weighted by Crippen LogP contribution is 2.21. The molecule has 9 nitrogen and oxygen atoms in total. The van der Waals surface area contributed by atoms with Crippen LogP contribution in [-0.2, 0) is 10.0 Å². The average Bonchev–Trinajstić information content (AvgIpc) is 3.21. The largest absolute Gasteiger partial charge is 0.497 e. The molecule has 0 fully saturated rings. The van der Waals surface area contributed by atoms with Crippen molar-refractivity contribution in [1.82, 2.24) is 14.9 Å². The molecule has 152 valence electrons. The van der Waals surface area contributed by atoms with Gasteiger partial charge in [-0.2, -0.15) is 0 Å². The van der Waals surface area contributed by atoms with E-state index in [0.29, 0.717) is 17.1 Å². The van der Waals surface area contributed by atoms with Crippen LogP contribution in [0.1, 0.15) is 10.4 Å². The van der Waals surface area contributed by atoms with Crippen molar-refractivity contribution in [3.63, 3.8) is 0 Å². The lowest BCUT2D eigenvalue weighted by molar-refractivity contribution is 0.102. The first-order chi connectivity index (χ1) is 14.0. The van der Waals surface area contributed by atoms with Gasteiger partial charge in [0.1, 0.15) is 18.1 Å². The van der Waals surface area contributed by atoms with Gasteiger partial charge in [-0.15, -0.1) is 10.2 Å². The van der Waals surface area contributed by atoms with Crippen molar-refractivity contribution in [2.75, 3.05) is 25.6 Å². The number of hydrogen-bond acceptors (Lipinski definition) is 8. The smallest absolute Gasteiger partial charge is 0.269 e. The van der Waals surface area contributed by atoms with Gasteiger partial charge in [0.15, 0.2) is 0 Å². The summed E-state index contributed by atoms with van der Waals surface area (Å²) in [5, 5.41) is 9.97. The minimum absolute atomic E-state index is 0.0326. The van der Waals surface area contributed by atoms with Crippen LogP contribution in [0.25, 0.3) is 0 Å². The normalized spacial score (nSPS) is 11.1. The van der Waals surface area contributed by atoms with Crippen molar-refractivity contribution in [3.05, 3.63) is 60.2 Å². The Morgan fingerprint density at radius 1 is 1.07 bits per heavy atom. The van der Waals surface area contributed by atoms with Crippen LogP contribution in [-0.4, -0.2) is 44.8 Å². The summed E-state index contributed by atoms with van der Waals surface area (Å²) in [7, 11) is -2.32. The highest BCUT2D eigenvalue weighted by Gasteiger charge is 2.20. The number of carbonyl (C=O) groups excluding carboxylic acids is 1. The van der Waals surface area contributed by atoms with E-state index in [4.69, 9.17) is 9.47 Å². The molecule has 1 amide bonds. The zero-order valence-corrected chi connectivity index (χ0v) is 17.0. The number of nitrogens with zero attached hydrogens (tertiary/aromatic N) is 2. The van der Waals surface area contributed by atoms with Gasteiger partial charge < -0.3 is 9.47 Å². The van der Waals surface area contributed by atoms with Crippen molar-refractivity contribution in [2.45, 2.75) is 4.34 Å². The Labute approximate surface area is 171 Å². The van der Waals surface area contributed by atoms with Gasteiger partial charge in [-0.3, -0.25) is 10.1 Å². The van der Waals surface area contributed by atoms with Gasteiger partial charge in [-0.25, -0.2) is 13.1 Å². The van der Waals surface area contributed by atoms with E-state index in [1.807, 2.05) is 0 Å². The lowest BCUT2D eigenvalue weighted by Crippen LogP contribution is -2.28. The second kappa shape index (κ2) is 9.45. The standard InChI is InChI=1S/C18H18N4O5S2/c1-26-14-8-5-9-15(12-14)27-11-10-19-29(24,25)18-22-21-17(28-18)20-16(23)13-6-3-2-4-7-13/h2-9,12,19H,10-11H2,1H3,(H,20,21,23). The first-order valence-corrected chi connectivity index (χ1v) is 10.7. The van der Waals surface area contributed by atoms with Crippen LogP contribution in [0, 0.1) is 0 Å². The summed E-state index contributed by atoms with van der Waals surface area (Å²) < 4.78 is 37.4. The van der Waals surface area contributed by atoms with Crippen LogP contribution >= 0.6 is 11.3 Å². The van der Waals surface area contributed by atoms with Crippen LogP contribution in [0.5, 0.6) is 11.5 Å². The molecule has 1 aromatic heterocycles. The van der Waals surface area contributed by atoms with Gasteiger partial charge in [-0.05, 0) is 24.3 Å². The Morgan fingerprint density at radius 3 is 2.59 bits per heavy atom. The molecule has 0 saturated carbocycles. The van der Waals surface area contributed by atoms with Crippen molar-refractivity contribution in [3.8, 4) is 11.5 Å². The van der Waals surface area contributed by atoms with Crippen molar-refractivity contribution >= 4 is 32.4 Å². The quantitative estimate of drug-likeness (QED) is 0.391. The second-order valence-electron chi connectivity index (χ2n) is 5.62. The molecule has 2 N–H and O–H groups in total. The minimum Gasteiger partial charge on any atom is -0.497 e. The number of aromatic nitrogens is 2. The summed E-state index contributed by atoms with van der Waals surface area (Å²) >= 11 is 0.760.